The summed E-state index contributed by atoms with van der Waals surface area (Å²) in [5.74, 6) is -2.90. The first-order chi connectivity index (χ1) is 15.1. The van der Waals surface area contributed by atoms with E-state index in [9.17, 15) is 9.59 Å². The van der Waals surface area contributed by atoms with Gasteiger partial charge in [0.2, 0.25) is 0 Å². The molecule has 6 N–H and O–H groups in total. The molecular formula is C21H31Cl2N2O7+. The average Bonchev–Trinajstić information content (AvgIpc) is 3.17. The highest BCUT2D eigenvalue weighted by Crippen LogP contribution is 2.35. The van der Waals surface area contributed by atoms with Crippen molar-refractivity contribution in [3.05, 3.63) is 33.8 Å². The molecule has 2 aliphatic rings. The van der Waals surface area contributed by atoms with Crippen LogP contribution in [-0.4, -0.2) is 87.9 Å². The van der Waals surface area contributed by atoms with Crippen LogP contribution in [0.15, 0.2) is 18.2 Å². The number of carboxylic acids is 2. The van der Waals surface area contributed by atoms with Crippen molar-refractivity contribution in [1.29, 1.82) is 0 Å². The summed E-state index contributed by atoms with van der Waals surface area (Å²) in [6.07, 6.45) is -1.02. The molecule has 9 nitrogen and oxygen atoms in total. The topological polar surface area (TPSA) is 150 Å². The second kappa shape index (κ2) is 12.1. The van der Waals surface area contributed by atoms with Crippen LogP contribution >= 0.6 is 23.2 Å². The molecule has 4 atom stereocenters. The fourth-order valence-corrected chi connectivity index (χ4v) is 5.07. The Balaban J connectivity index is 0.000000309. The van der Waals surface area contributed by atoms with Crippen LogP contribution in [0.4, 0.5) is 0 Å². The highest BCUT2D eigenvalue weighted by molar-refractivity contribution is 6.34. The quantitative estimate of drug-likeness (QED) is 0.357. The molecule has 0 bridgehead atoms. The summed E-state index contributed by atoms with van der Waals surface area (Å²) in [4.78, 5) is 19.5. The summed E-state index contributed by atoms with van der Waals surface area (Å²) >= 11 is 12.4. The molecule has 0 aromatic heterocycles. The maximum Gasteiger partial charge on any atom is 0.335 e. The zero-order chi connectivity index (χ0) is 23.9. The number of nitrogens with zero attached hydrogens (tertiary/aromatic N) is 1. The standard InChI is InChI=1S/C17H25Cl2N2O.C4H6O6/c18-15-7-14(8-16(19)9-15)12-21(4-1-13(10-20)11-21)17-2-5-22-6-3-17;5-1(3(7)8)2(6)4(9)10/h7-9,13,17H,1-6,10-12,20H2;1-2,5-6H,(H,7,8)(H,9,10)/q+1;/t13-,21?;/m1./s1. The van der Waals surface area contributed by atoms with Crippen LogP contribution in [0.2, 0.25) is 10.0 Å². The molecule has 0 amide bonds. The van der Waals surface area contributed by atoms with Crippen LogP contribution in [-0.2, 0) is 20.9 Å². The number of likely N-dealkylation sites (tertiary alicyclic amines) is 1. The monoisotopic (exact) mass is 493 g/mol. The predicted molar refractivity (Wildman–Crippen MR) is 118 cm³/mol. The van der Waals surface area contributed by atoms with Gasteiger partial charge in [-0.15, -0.1) is 0 Å². The minimum Gasteiger partial charge on any atom is -0.479 e. The number of hydrogen-bond acceptors (Lipinski definition) is 6. The highest BCUT2D eigenvalue weighted by Gasteiger charge is 2.44. The molecule has 0 radical (unpaired) electrons. The van der Waals surface area contributed by atoms with E-state index in [1.165, 1.54) is 25.1 Å². The predicted octanol–water partition coefficient (Wildman–Crippen LogP) is 1.35. The molecule has 1 aromatic rings. The number of halogens is 2. The van der Waals surface area contributed by atoms with Gasteiger partial charge in [-0.2, -0.15) is 0 Å². The molecule has 11 heteroatoms. The van der Waals surface area contributed by atoms with Gasteiger partial charge >= 0.3 is 11.9 Å². The molecular weight excluding hydrogens is 463 g/mol. The molecule has 0 aliphatic carbocycles. The van der Waals surface area contributed by atoms with Crippen molar-refractivity contribution in [2.24, 2.45) is 11.7 Å². The minimum atomic E-state index is -2.27. The van der Waals surface area contributed by atoms with E-state index in [1.54, 1.807) is 6.07 Å². The van der Waals surface area contributed by atoms with Crippen LogP contribution in [0.3, 0.4) is 0 Å². The maximum absolute atomic E-state index is 9.77. The molecule has 2 heterocycles. The van der Waals surface area contributed by atoms with E-state index in [4.69, 9.17) is 54.1 Å². The fraction of sp³-hybridized carbons (Fsp3) is 0.619. The normalized spacial score (nSPS) is 25.5. The number of aliphatic carboxylic acids is 2. The number of carbonyl (C=O) groups is 2. The van der Waals surface area contributed by atoms with E-state index < -0.39 is 24.1 Å². The van der Waals surface area contributed by atoms with Crippen LogP contribution < -0.4 is 5.73 Å². The first-order valence-corrected chi connectivity index (χ1v) is 11.2. The second-order valence-electron chi connectivity index (χ2n) is 8.36. The third-order valence-electron chi connectivity index (χ3n) is 6.13. The zero-order valence-electron chi connectivity index (χ0n) is 17.7. The molecule has 0 spiro atoms. The van der Waals surface area contributed by atoms with E-state index in [2.05, 4.69) is 12.1 Å². The number of aliphatic hydroxyl groups excluding tert-OH is 2. The number of quaternary nitrogens is 1. The number of hydrogen-bond donors (Lipinski definition) is 5. The molecule has 3 rings (SSSR count). The van der Waals surface area contributed by atoms with Crippen molar-refractivity contribution in [3.63, 3.8) is 0 Å². The summed E-state index contributed by atoms with van der Waals surface area (Å²) in [5, 5.41) is 34.0. The van der Waals surface area contributed by atoms with Crippen molar-refractivity contribution in [2.75, 3.05) is 32.8 Å². The number of nitrogens with two attached hydrogens (primary N) is 1. The Hall–Kier alpha value is -1.46. The van der Waals surface area contributed by atoms with Crippen LogP contribution in [0, 0.1) is 5.92 Å². The first-order valence-electron chi connectivity index (χ1n) is 10.5. The first kappa shape index (κ1) is 26.8. The summed E-state index contributed by atoms with van der Waals surface area (Å²) in [6, 6.07) is 6.59. The molecule has 2 fully saturated rings. The van der Waals surface area contributed by atoms with E-state index in [0.717, 1.165) is 53.7 Å². The van der Waals surface area contributed by atoms with Crippen molar-refractivity contribution >= 4 is 35.1 Å². The van der Waals surface area contributed by atoms with Gasteiger partial charge in [0.15, 0.2) is 12.2 Å². The fourth-order valence-electron chi connectivity index (χ4n) is 4.50. The molecule has 1 aromatic carbocycles. The van der Waals surface area contributed by atoms with Crippen molar-refractivity contribution in [2.45, 2.75) is 44.1 Å². The van der Waals surface area contributed by atoms with Crippen molar-refractivity contribution in [1.82, 2.24) is 0 Å². The minimum absolute atomic E-state index is 0.637. The SMILES string of the molecule is NC[C@H]1CC[N+](Cc2cc(Cl)cc(Cl)c2)(C2CCOCC2)C1.O=C(O)C(O)C(O)C(=O)O. The van der Waals surface area contributed by atoms with Gasteiger partial charge in [0.25, 0.3) is 0 Å². The lowest BCUT2D eigenvalue weighted by molar-refractivity contribution is -0.955. The molecule has 2 saturated heterocycles. The van der Waals surface area contributed by atoms with E-state index >= 15 is 0 Å². The van der Waals surface area contributed by atoms with Gasteiger partial charge in [0.05, 0.1) is 32.3 Å². The number of benzene rings is 1. The Morgan fingerprint density at radius 1 is 1.03 bits per heavy atom. The zero-order valence-corrected chi connectivity index (χ0v) is 19.2. The summed E-state index contributed by atoms with van der Waals surface area (Å²) in [7, 11) is 0. The van der Waals surface area contributed by atoms with Crippen LogP contribution in [0.25, 0.3) is 0 Å². The van der Waals surface area contributed by atoms with Crippen molar-refractivity contribution in [3.8, 4) is 0 Å². The summed E-state index contributed by atoms with van der Waals surface area (Å²) < 4.78 is 6.70. The molecule has 32 heavy (non-hydrogen) atoms. The Kier molecular flexibility index (Phi) is 10.2. The summed E-state index contributed by atoms with van der Waals surface area (Å²) in [5.41, 5.74) is 7.19. The van der Waals surface area contributed by atoms with Gasteiger partial charge in [-0.05, 0) is 18.2 Å². The van der Waals surface area contributed by atoms with Crippen LogP contribution in [0.1, 0.15) is 24.8 Å². The van der Waals surface area contributed by atoms with E-state index in [1.807, 2.05) is 0 Å². The lowest BCUT2D eigenvalue weighted by atomic mass is 10.0. The van der Waals surface area contributed by atoms with E-state index in [0.29, 0.717) is 12.0 Å². The number of aliphatic hydroxyl groups is 2. The smallest absolute Gasteiger partial charge is 0.335 e. The van der Waals surface area contributed by atoms with Gasteiger partial charge in [-0.3, -0.25) is 0 Å². The third-order valence-corrected chi connectivity index (χ3v) is 6.56. The molecule has 2 aliphatic heterocycles. The summed E-state index contributed by atoms with van der Waals surface area (Å²) in [6.45, 7) is 5.94. The number of ether oxygens (including phenoxy) is 1. The molecule has 0 saturated carbocycles. The van der Waals surface area contributed by atoms with Crippen molar-refractivity contribution < 1.29 is 39.2 Å². The molecule has 180 valence electrons. The lowest BCUT2D eigenvalue weighted by Crippen LogP contribution is -2.55. The Morgan fingerprint density at radius 3 is 2.00 bits per heavy atom. The largest absolute Gasteiger partial charge is 0.479 e. The van der Waals surface area contributed by atoms with Gasteiger partial charge in [0, 0.05) is 47.3 Å². The molecule has 3 unspecified atom stereocenters. The van der Waals surface area contributed by atoms with Gasteiger partial charge in [-0.1, -0.05) is 23.2 Å². The maximum atomic E-state index is 9.77. The van der Waals surface area contributed by atoms with Gasteiger partial charge in [0.1, 0.15) is 6.54 Å². The average molecular weight is 494 g/mol. The highest BCUT2D eigenvalue weighted by atomic mass is 35.5. The lowest BCUT2D eigenvalue weighted by Gasteiger charge is -2.44. The third kappa shape index (κ3) is 7.28. The van der Waals surface area contributed by atoms with Crippen LogP contribution in [0.5, 0.6) is 0 Å². The second-order valence-corrected chi connectivity index (χ2v) is 9.23. The number of rotatable bonds is 7. The Bertz CT molecular complexity index is 753. The van der Waals surface area contributed by atoms with Gasteiger partial charge < -0.3 is 35.4 Å². The Morgan fingerprint density at radius 2 is 1.56 bits per heavy atom. The Labute approximate surface area is 196 Å². The van der Waals surface area contributed by atoms with Gasteiger partial charge in [-0.25, -0.2) is 9.59 Å². The number of carboxylic acid groups (broad SMARTS) is 2. The van der Waals surface area contributed by atoms with E-state index in [-0.39, 0.29) is 0 Å².